The summed E-state index contributed by atoms with van der Waals surface area (Å²) in [6.45, 7) is 3.27. The van der Waals surface area contributed by atoms with Crippen LogP contribution >= 0.6 is 0 Å². The molecular weight excluding hydrogens is 224 g/mol. The first-order valence-corrected chi connectivity index (χ1v) is 6.69. The topological polar surface area (TPSA) is 37.0 Å². The van der Waals surface area contributed by atoms with Gasteiger partial charge in [-0.05, 0) is 44.0 Å². The Hall–Kier alpha value is -1.48. The van der Waals surface area contributed by atoms with Crippen molar-refractivity contribution in [1.29, 1.82) is 0 Å². The fourth-order valence-corrected chi connectivity index (χ4v) is 2.83. The highest BCUT2D eigenvalue weighted by Crippen LogP contribution is 2.32. The minimum Gasteiger partial charge on any atom is -0.495 e. The predicted molar refractivity (Wildman–Crippen MR) is 74.2 cm³/mol. The summed E-state index contributed by atoms with van der Waals surface area (Å²) in [5, 5.41) is 4.86. The molecule has 1 aliphatic rings. The third-order valence-electron chi connectivity index (χ3n) is 3.90. The van der Waals surface area contributed by atoms with Crippen LogP contribution in [-0.2, 0) is 0 Å². The van der Waals surface area contributed by atoms with Crippen LogP contribution in [0.2, 0.25) is 0 Å². The third kappa shape index (κ3) is 1.89. The van der Waals surface area contributed by atoms with E-state index in [4.69, 9.17) is 4.74 Å². The van der Waals surface area contributed by atoms with E-state index in [2.05, 4.69) is 29.4 Å². The van der Waals surface area contributed by atoms with Crippen LogP contribution in [-0.4, -0.2) is 18.6 Å². The van der Waals surface area contributed by atoms with E-state index in [-0.39, 0.29) is 0 Å². The van der Waals surface area contributed by atoms with E-state index in [1.807, 2.05) is 6.07 Å². The Labute approximate surface area is 108 Å². The molecule has 0 radical (unpaired) electrons. The maximum Gasteiger partial charge on any atom is 0.142 e. The molecule has 0 aliphatic carbocycles. The van der Waals surface area contributed by atoms with E-state index in [0.29, 0.717) is 6.04 Å². The van der Waals surface area contributed by atoms with Crippen molar-refractivity contribution >= 4 is 10.9 Å². The van der Waals surface area contributed by atoms with E-state index in [0.717, 1.165) is 17.8 Å². The molecule has 1 atom stereocenters. The summed E-state index contributed by atoms with van der Waals surface area (Å²) < 4.78 is 5.43. The number of hydrogen-bond acceptors (Lipinski definition) is 2. The van der Waals surface area contributed by atoms with Crippen molar-refractivity contribution < 1.29 is 4.74 Å². The predicted octanol–water partition coefficient (Wildman–Crippen LogP) is 3.30. The lowest BCUT2D eigenvalue weighted by Gasteiger charge is -2.22. The molecule has 3 nitrogen and oxygen atoms in total. The molecule has 1 saturated heterocycles. The Morgan fingerprint density at radius 1 is 1.28 bits per heavy atom. The zero-order valence-corrected chi connectivity index (χ0v) is 11.0. The van der Waals surface area contributed by atoms with Crippen LogP contribution in [0.25, 0.3) is 10.9 Å². The van der Waals surface area contributed by atoms with Crippen molar-refractivity contribution in [2.75, 3.05) is 13.7 Å². The summed E-state index contributed by atoms with van der Waals surface area (Å²) in [4.78, 5) is 3.54. The van der Waals surface area contributed by atoms with Gasteiger partial charge >= 0.3 is 0 Å². The van der Waals surface area contributed by atoms with Crippen molar-refractivity contribution in [3.8, 4) is 5.75 Å². The number of aromatic nitrogens is 1. The van der Waals surface area contributed by atoms with E-state index in [1.54, 1.807) is 7.11 Å². The number of ether oxygens (including phenoxy) is 1. The number of H-pyrrole nitrogens is 1. The van der Waals surface area contributed by atoms with Gasteiger partial charge in [-0.25, -0.2) is 0 Å². The molecule has 2 heterocycles. The monoisotopic (exact) mass is 244 g/mol. The SMILES string of the molecule is COc1ccc(C)c2cc(C3CCCCN3)[nH]c12. The van der Waals surface area contributed by atoms with Gasteiger partial charge in [0.2, 0.25) is 0 Å². The number of aromatic amines is 1. The summed E-state index contributed by atoms with van der Waals surface area (Å²) in [7, 11) is 1.73. The highest BCUT2D eigenvalue weighted by Gasteiger charge is 2.18. The highest BCUT2D eigenvalue weighted by molar-refractivity contribution is 5.89. The Balaban J connectivity index is 2.06. The number of aryl methyl sites for hydroxylation is 1. The van der Waals surface area contributed by atoms with Crippen molar-refractivity contribution in [3.63, 3.8) is 0 Å². The quantitative estimate of drug-likeness (QED) is 0.850. The molecular formula is C15H20N2O. The maximum absolute atomic E-state index is 5.43. The van der Waals surface area contributed by atoms with Crippen LogP contribution in [0.5, 0.6) is 5.75 Å². The molecule has 1 unspecified atom stereocenters. The van der Waals surface area contributed by atoms with Gasteiger partial charge in [-0.2, -0.15) is 0 Å². The average molecular weight is 244 g/mol. The molecule has 0 amide bonds. The molecule has 0 saturated carbocycles. The minimum atomic E-state index is 0.468. The van der Waals surface area contributed by atoms with Gasteiger partial charge in [0.25, 0.3) is 0 Å². The van der Waals surface area contributed by atoms with Crippen LogP contribution in [0.3, 0.4) is 0 Å². The molecule has 2 N–H and O–H groups in total. The Morgan fingerprint density at radius 2 is 2.17 bits per heavy atom. The average Bonchev–Trinajstić information content (AvgIpc) is 2.86. The molecule has 3 rings (SSSR count). The Kier molecular flexibility index (Phi) is 3.00. The van der Waals surface area contributed by atoms with Crippen molar-refractivity contribution in [1.82, 2.24) is 10.3 Å². The largest absolute Gasteiger partial charge is 0.495 e. The first-order chi connectivity index (χ1) is 8.79. The van der Waals surface area contributed by atoms with Crippen LogP contribution in [0.1, 0.15) is 36.6 Å². The molecule has 18 heavy (non-hydrogen) atoms. The number of fused-ring (bicyclic) bond motifs is 1. The van der Waals surface area contributed by atoms with Crippen LogP contribution in [0, 0.1) is 6.92 Å². The first kappa shape index (κ1) is 11.6. The molecule has 1 aromatic heterocycles. The first-order valence-electron chi connectivity index (χ1n) is 6.69. The van der Waals surface area contributed by atoms with Gasteiger partial charge in [0.1, 0.15) is 5.75 Å². The molecule has 2 aromatic rings. The lowest BCUT2D eigenvalue weighted by atomic mass is 10.0. The number of nitrogens with one attached hydrogen (secondary N) is 2. The second-order valence-corrected chi connectivity index (χ2v) is 5.10. The van der Waals surface area contributed by atoms with Gasteiger partial charge in [0, 0.05) is 17.1 Å². The molecule has 1 aliphatic heterocycles. The third-order valence-corrected chi connectivity index (χ3v) is 3.90. The van der Waals surface area contributed by atoms with Gasteiger partial charge < -0.3 is 15.0 Å². The zero-order valence-electron chi connectivity index (χ0n) is 11.0. The standard InChI is InChI=1S/C15H20N2O/c1-10-6-7-14(18-2)15-11(10)9-13(17-15)12-5-3-4-8-16-12/h6-7,9,12,16-17H,3-5,8H2,1-2H3. The highest BCUT2D eigenvalue weighted by atomic mass is 16.5. The zero-order chi connectivity index (χ0) is 12.5. The molecule has 3 heteroatoms. The molecule has 96 valence electrons. The van der Waals surface area contributed by atoms with Crippen molar-refractivity contribution in [2.45, 2.75) is 32.2 Å². The molecule has 0 spiro atoms. The number of hydrogen-bond donors (Lipinski definition) is 2. The van der Waals surface area contributed by atoms with Crippen LogP contribution in [0.15, 0.2) is 18.2 Å². The molecule has 1 fully saturated rings. The van der Waals surface area contributed by atoms with Gasteiger partial charge in [-0.15, -0.1) is 0 Å². The van der Waals surface area contributed by atoms with Gasteiger partial charge in [-0.1, -0.05) is 12.5 Å². The number of piperidine rings is 1. The van der Waals surface area contributed by atoms with E-state index in [9.17, 15) is 0 Å². The number of rotatable bonds is 2. The van der Waals surface area contributed by atoms with Gasteiger partial charge in [0.05, 0.1) is 12.6 Å². The molecule has 1 aromatic carbocycles. The number of benzene rings is 1. The van der Waals surface area contributed by atoms with Gasteiger partial charge in [-0.3, -0.25) is 0 Å². The van der Waals surface area contributed by atoms with Crippen molar-refractivity contribution in [3.05, 3.63) is 29.5 Å². The minimum absolute atomic E-state index is 0.468. The summed E-state index contributed by atoms with van der Waals surface area (Å²) >= 11 is 0. The summed E-state index contributed by atoms with van der Waals surface area (Å²) in [5.41, 5.74) is 3.71. The summed E-state index contributed by atoms with van der Waals surface area (Å²) in [5.74, 6) is 0.928. The second kappa shape index (κ2) is 4.65. The molecule has 0 bridgehead atoms. The smallest absolute Gasteiger partial charge is 0.142 e. The Morgan fingerprint density at radius 3 is 2.89 bits per heavy atom. The van der Waals surface area contributed by atoms with E-state index in [1.165, 1.54) is 35.9 Å². The fourth-order valence-electron chi connectivity index (χ4n) is 2.83. The summed E-state index contributed by atoms with van der Waals surface area (Å²) in [6.07, 6.45) is 3.82. The lowest BCUT2D eigenvalue weighted by molar-refractivity contribution is 0.405. The second-order valence-electron chi connectivity index (χ2n) is 5.10. The van der Waals surface area contributed by atoms with E-state index >= 15 is 0 Å². The number of methoxy groups -OCH3 is 1. The van der Waals surface area contributed by atoms with Gasteiger partial charge in [0.15, 0.2) is 0 Å². The van der Waals surface area contributed by atoms with Crippen LogP contribution in [0.4, 0.5) is 0 Å². The van der Waals surface area contributed by atoms with E-state index < -0.39 is 0 Å². The normalized spacial score (nSPS) is 20.2. The fraction of sp³-hybridized carbons (Fsp3) is 0.467. The lowest BCUT2D eigenvalue weighted by Crippen LogP contribution is -2.26. The summed E-state index contributed by atoms with van der Waals surface area (Å²) in [6, 6.07) is 6.89. The van der Waals surface area contributed by atoms with Crippen LogP contribution < -0.4 is 10.1 Å². The Bertz CT molecular complexity index is 553. The maximum atomic E-state index is 5.43. The van der Waals surface area contributed by atoms with Crippen molar-refractivity contribution in [2.24, 2.45) is 0 Å².